The smallest absolute Gasteiger partial charge is 0.318 e. The van der Waals surface area contributed by atoms with E-state index in [1.165, 1.54) is 5.01 Å². The highest BCUT2D eigenvalue weighted by Crippen LogP contribution is 2.17. The number of allylic oxidation sites excluding steroid dienone is 1. The van der Waals surface area contributed by atoms with Gasteiger partial charge >= 0.3 is 6.01 Å². The zero-order valence-electron chi connectivity index (χ0n) is 13.5. The Labute approximate surface area is 136 Å². The van der Waals surface area contributed by atoms with Crippen molar-refractivity contribution in [3.63, 3.8) is 0 Å². The van der Waals surface area contributed by atoms with Crippen molar-refractivity contribution in [2.24, 2.45) is 11.8 Å². The largest absolute Gasteiger partial charge is 0.463 e. The molecule has 5 nitrogen and oxygen atoms in total. The molecular formula is C15H25FN4OS. The lowest BCUT2D eigenvalue weighted by Gasteiger charge is -2.18. The highest BCUT2D eigenvalue weighted by Gasteiger charge is 2.13. The number of nitrogens with two attached hydrogens (primary N) is 1. The average molecular weight is 328 g/mol. The van der Waals surface area contributed by atoms with Gasteiger partial charge in [0.05, 0.1) is 12.8 Å². The molecule has 0 aliphatic rings. The molecule has 1 aromatic rings. The summed E-state index contributed by atoms with van der Waals surface area (Å²) in [4.78, 5) is 7.90. The first-order chi connectivity index (χ1) is 10.6. The minimum absolute atomic E-state index is 0.0641. The highest BCUT2D eigenvalue weighted by molar-refractivity contribution is 8.02. The number of anilines is 1. The number of hydrazine groups is 1. The van der Waals surface area contributed by atoms with Crippen LogP contribution in [-0.2, 0) is 0 Å². The SMILES string of the molecule is CC/C=C\SCCN(N)c1nc(OCC(C)CC)ncc1F. The Bertz CT molecular complexity index is 473. The van der Waals surface area contributed by atoms with Crippen LogP contribution >= 0.6 is 11.8 Å². The fourth-order valence-electron chi connectivity index (χ4n) is 1.44. The molecule has 0 aliphatic carbocycles. The lowest BCUT2D eigenvalue weighted by molar-refractivity contribution is 0.237. The van der Waals surface area contributed by atoms with Crippen molar-refractivity contribution in [2.75, 3.05) is 23.9 Å². The van der Waals surface area contributed by atoms with Crippen LogP contribution in [0, 0.1) is 11.7 Å². The summed E-state index contributed by atoms with van der Waals surface area (Å²) in [5.41, 5.74) is 0. The van der Waals surface area contributed by atoms with E-state index in [0.29, 0.717) is 19.1 Å². The number of thioether (sulfide) groups is 1. The normalized spacial score (nSPS) is 12.6. The molecule has 22 heavy (non-hydrogen) atoms. The van der Waals surface area contributed by atoms with Crippen molar-refractivity contribution >= 4 is 17.6 Å². The highest BCUT2D eigenvalue weighted by atomic mass is 32.2. The molecule has 0 radical (unpaired) electrons. The van der Waals surface area contributed by atoms with Crippen LogP contribution in [0.1, 0.15) is 33.6 Å². The van der Waals surface area contributed by atoms with Crippen molar-refractivity contribution in [2.45, 2.75) is 33.6 Å². The van der Waals surface area contributed by atoms with Gasteiger partial charge in [0, 0.05) is 12.3 Å². The van der Waals surface area contributed by atoms with Crippen LogP contribution in [-0.4, -0.2) is 28.9 Å². The van der Waals surface area contributed by atoms with Crippen LogP contribution in [0.3, 0.4) is 0 Å². The molecule has 1 rings (SSSR count). The summed E-state index contributed by atoms with van der Waals surface area (Å²) >= 11 is 1.63. The second kappa shape index (κ2) is 10.4. The molecule has 0 aromatic carbocycles. The maximum atomic E-state index is 13.8. The molecule has 0 fully saturated rings. The molecule has 0 amide bonds. The van der Waals surface area contributed by atoms with E-state index >= 15 is 0 Å². The van der Waals surface area contributed by atoms with Gasteiger partial charge in [0.1, 0.15) is 0 Å². The monoisotopic (exact) mass is 328 g/mol. The number of ether oxygens (including phenoxy) is 1. The minimum atomic E-state index is -0.549. The number of halogens is 1. The second-order valence-corrected chi connectivity index (χ2v) is 6.01. The van der Waals surface area contributed by atoms with Crippen molar-refractivity contribution in [1.29, 1.82) is 0 Å². The fraction of sp³-hybridized carbons (Fsp3) is 0.600. The summed E-state index contributed by atoms with van der Waals surface area (Å²) in [6.45, 7) is 7.21. The van der Waals surface area contributed by atoms with Crippen LogP contribution in [0.2, 0.25) is 0 Å². The third kappa shape index (κ3) is 6.62. The first kappa shape index (κ1) is 18.7. The van der Waals surface area contributed by atoms with Gasteiger partial charge < -0.3 is 4.74 Å². The zero-order chi connectivity index (χ0) is 16.4. The molecule has 0 spiro atoms. The van der Waals surface area contributed by atoms with Gasteiger partial charge in [-0.15, -0.1) is 11.8 Å². The Balaban J connectivity index is 2.58. The van der Waals surface area contributed by atoms with E-state index in [-0.39, 0.29) is 11.8 Å². The summed E-state index contributed by atoms with van der Waals surface area (Å²) in [6, 6.07) is 0.158. The molecule has 7 heteroatoms. The maximum Gasteiger partial charge on any atom is 0.318 e. The molecule has 1 unspecified atom stereocenters. The third-order valence-electron chi connectivity index (χ3n) is 3.05. The van der Waals surface area contributed by atoms with Crippen LogP contribution in [0.5, 0.6) is 6.01 Å². The standard InChI is InChI=1S/C15H25FN4OS/c1-4-6-8-22-9-7-20(17)14-13(16)10-18-15(19-14)21-11-12(3)5-2/h6,8,10,12H,4-5,7,9,11,17H2,1-3H3/b8-6-. The molecular weight excluding hydrogens is 303 g/mol. The van der Waals surface area contributed by atoms with E-state index in [2.05, 4.69) is 36.8 Å². The van der Waals surface area contributed by atoms with Gasteiger partial charge in [0.15, 0.2) is 11.6 Å². The molecule has 0 bridgehead atoms. The van der Waals surface area contributed by atoms with E-state index in [1.807, 2.05) is 5.41 Å². The van der Waals surface area contributed by atoms with E-state index in [1.54, 1.807) is 11.8 Å². The Kier molecular flexibility index (Phi) is 8.84. The Hall–Kier alpha value is -1.34. The quantitative estimate of drug-likeness (QED) is 0.403. The van der Waals surface area contributed by atoms with Crippen LogP contribution in [0.15, 0.2) is 17.7 Å². The molecule has 1 atom stereocenters. The number of rotatable bonds is 10. The lowest BCUT2D eigenvalue weighted by Crippen LogP contribution is -2.34. The van der Waals surface area contributed by atoms with E-state index in [9.17, 15) is 4.39 Å². The predicted molar refractivity (Wildman–Crippen MR) is 90.4 cm³/mol. The van der Waals surface area contributed by atoms with Gasteiger partial charge in [-0.3, -0.25) is 5.01 Å². The summed E-state index contributed by atoms with van der Waals surface area (Å²) in [6.07, 6.45) is 5.16. The van der Waals surface area contributed by atoms with Gasteiger partial charge in [0.2, 0.25) is 0 Å². The van der Waals surface area contributed by atoms with Gasteiger partial charge in [-0.05, 0) is 17.7 Å². The Morgan fingerprint density at radius 3 is 2.95 bits per heavy atom. The molecule has 0 saturated carbocycles. The average Bonchev–Trinajstić information content (AvgIpc) is 2.53. The van der Waals surface area contributed by atoms with Gasteiger partial charge in [0.25, 0.3) is 0 Å². The third-order valence-corrected chi connectivity index (χ3v) is 3.85. The number of hydrogen-bond donors (Lipinski definition) is 1. The Morgan fingerprint density at radius 2 is 2.27 bits per heavy atom. The number of nitrogens with zero attached hydrogens (tertiary/aromatic N) is 3. The number of aromatic nitrogens is 2. The van der Waals surface area contributed by atoms with Crippen LogP contribution in [0.4, 0.5) is 10.2 Å². The lowest BCUT2D eigenvalue weighted by atomic mass is 10.1. The second-order valence-electron chi connectivity index (χ2n) is 4.99. The van der Waals surface area contributed by atoms with Gasteiger partial charge in [-0.1, -0.05) is 33.3 Å². The first-order valence-corrected chi connectivity index (χ1v) is 8.57. The summed E-state index contributed by atoms with van der Waals surface area (Å²) in [7, 11) is 0. The molecule has 0 aliphatic heterocycles. The molecule has 2 N–H and O–H groups in total. The zero-order valence-corrected chi connectivity index (χ0v) is 14.3. The Morgan fingerprint density at radius 1 is 1.50 bits per heavy atom. The summed E-state index contributed by atoms with van der Waals surface area (Å²) in [5.74, 6) is 6.53. The fourth-order valence-corrected chi connectivity index (χ4v) is 2.20. The molecule has 124 valence electrons. The van der Waals surface area contributed by atoms with E-state index < -0.39 is 5.82 Å². The van der Waals surface area contributed by atoms with Crippen molar-refractivity contribution in [1.82, 2.24) is 9.97 Å². The molecule has 1 heterocycles. The summed E-state index contributed by atoms with van der Waals surface area (Å²) in [5, 5.41) is 3.31. The van der Waals surface area contributed by atoms with Crippen molar-refractivity contribution in [3.8, 4) is 6.01 Å². The van der Waals surface area contributed by atoms with Crippen molar-refractivity contribution in [3.05, 3.63) is 23.5 Å². The number of hydrogen-bond acceptors (Lipinski definition) is 6. The topological polar surface area (TPSA) is 64.3 Å². The van der Waals surface area contributed by atoms with Gasteiger partial charge in [-0.25, -0.2) is 15.2 Å². The van der Waals surface area contributed by atoms with Gasteiger partial charge in [-0.2, -0.15) is 4.98 Å². The predicted octanol–water partition coefficient (Wildman–Crippen LogP) is 3.38. The summed E-state index contributed by atoms with van der Waals surface area (Å²) < 4.78 is 19.3. The minimum Gasteiger partial charge on any atom is -0.463 e. The molecule has 0 saturated heterocycles. The molecule has 1 aromatic heterocycles. The maximum absolute atomic E-state index is 13.8. The first-order valence-electron chi connectivity index (χ1n) is 7.52. The van der Waals surface area contributed by atoms with E-state index in [0.717, 1.165) is 24.8 Å². The van der Waals surface area contributed by atoms with Crippen LogP contribution < -0.4 is 15.6 Å². The van der Waals surface area contributed by atoms with Crippen LogP contribution in [0.25, 0.3) is 0 Å². The van der Waals surface area contributed by atoms with Crippen molar-refractivity contribution < 1.29 is 9.13 Å². The van der Waals surface area contributed by atoms with E-state index in [4.69, 9.17) is 10.6 Å².